The second-order valence-corrected chi connectivity index (χ2v) is 4.42. The fourth-order valence-corrected chi connectivity index (χ4v) is 2.41. The fraction of sp³-hybridized carbons (Fsp3) is 0.100. The van der Waals surface area contributed by atoms with Gasteiger partial charge < -0.3 is 9.94 Å². The van der Waals surface area contributed by atoms with Gasteiger partial charge in [0.1, 0.15) is 12.4 Å². The average molecular weight is 335 g/mol. The van der Waals surface area contributed by atoms with Crippen LogP contribution in [0, 0.1) is 0 Å². The van der Waals surface area contributed by atoms with Crippen molar-refractivity contribution < 1.29 is 9.94 Å². The van der Waals surface area contributed by atoms with Crippen molar-refractivity contribution in [1.82, 2.24) is 0 Å². The van der Waals surface area contributed by atoms with Gasteiger partial charge >= 0.3 is 0 Å². The molecule has 0 amide bonds. The predicted molar refractivity (Wildman–Crippen MR) is 66.9 cm³/mol. The summed E-state index contributed by atoms with van der Waals surface area (Å²) in [6.45, 7) is 3.96. The minimum Gasteiger partial charge on any atom is -0.488 e. The molecule has 0 saturated heterocycles. The Balaban J connectivity index is 3.13. The Labute approximate surface area is 105 Å². The van der Waals surface area contributed by atoms with E-state index in [1.54, 1.807) is 12.1 Å². The van der Waals surface area contributed by atoms with Gasteiger partial charge in [-0.15, -0.1) is 0 Å². The van der Waals surface area contributed by atoms with Crippen molar-refractivity contribution in [3.8, 4) is 5.75 Å². The van der Waals surface area contributed by atoms with Gasteiger partial charge in [0.15, 0.2) is 0 Å². The number of ether oxygens (including phenoxy) is 1. The number of hydrogen-bond donors (Lipinski definition) is 1. The first-order valence-corrected chi connectivity index (χ1v) is 5.67. The Morgan fingerprint density at radius 1 is 1.47 bits per heavy atom. The molecule has 0 radical (unpaired) electrons. The van der Waals surface area contributed by atoms with Crippen molar-refractivity contribution in [2.75, 3.05) is 6.61 Å². The molecule has 3 nitrogen and oxygen atoms in total. The number of nitrogens with zero attached hydrogens (tertiary/aromatic N) is 1. The number of halogens is 2. The molecular weight excluding hydrogens is 326 g/mol. The first-order chi connectivity index (χ1) is 7.19. The SMILES string of the molecule is C=CCOc1c(Br)cc(Br)cc1C=NO. The molecule has 0 fully saturated rings. The molecule has 1 rings (SSSR count). The van der Waals surface area contributed by atoms with E-state index in [2.05, 4.69) is 43.6 Å². The van der Waals surface area contributed by atoms with E-state index in [1.165, 1.54) is 6.21 Å². The summed E-state index contributed by atoms with van der Waals surface area (Å²) in [6.07, 6.45) is 2.96. The van der Waals surface area contributed by atoms with Crippen LogP contribution >= 0.6 is 31.9 Å². The van der Waals surface area contributed by atoms with Crippen molar-refractivity contribution in [1.29, 1.82) is 0 Å². The minimum atomic E-state index is 0.395. The van der Waals surface area contributed by atoms with Gasteiger partial charge in [-0.1, -0.05) is 33.7 Å². The number of hydrogen-bond acceptors (Lipinski definition) is 3. The van der Waals surface area contributed by atoms with Crippen LogP contribution in [0.2, 0.25) is 0 Å². The summed E-state index contributed by atoms with van der Waals surface area (Å²) in [4.78, 5) is 0. The summed E-state index contributed by atoms with van der Waals surface area (Å²) in [5.74, 6) is 0.621. The number of rotatable bonds is 4. The van der Waals surface area contributed by atoms with E-state index >= 15 is 0 Å². The van der Waals surface area contributed by atoms with Crippen LogP contribution in [0.15, 0.2) is 38.9 Å². The first kappa shape index (κ1) is 12.3. The van der Waals surface area contributed by atoms with Gasteiger partial charge in [0.2, 0.25) is 0 Å². The van der Waals surface area contributed by atoms with Crippen LogP contribution < -0.4 is 4.74 Å². The molecule has 0 saturated carbocycles. The molecule has 0 aliphatic rings. The highest BCUT2D eigenvalue weighted by Crippen LogP contribution is 2.32. The maximum Gasteiger partial charge on any atom is 0.142 e. The molecular formula is C10H9Br2NO2. The maximum absolute atomic E-state index is 8.51. The fourth-order valence-electron chi connectivity index (χ4n) is 1.03. The van der Waals surface area contributed by atoms with Gasteiger partial charge in [0, 0.05) is 10.0 Å². The Hall–Kier alpha value is -0.810. The normalized spacial score (nSPS) is 10.5. The van der Waals surface area contributed by atoms with E-state index in [1.807, 2.05) is 6.07 Å². The summed E-state index contributed by atoms with van der Waals surface area (Å²) in [7, 11) is 0. The van der Waals surface area contributed by atoms with E-state index in [4.69, 9.17) is 9.94 Å². The lowest BCUT2D eigenvalue weighted by Gasteiger charge is -2.09. The molecule has 80 valence electrons. The van der Waals surface area contributed by atoms with E-state index in [0.717, 1.165) is 8.95 Å². The summed E-state index contributed by atoms with van der Waals surface area (Å²) < 4.78 is 7.09. The molecule has 5 heteroatoms. The molecule has 0 heterocycles. The molecule has 0 unspecified atom stereocenters. The van der Waals surface area contributed by atoms with Crippen LogP contribution in [-0.2, 0) is 0 Å². The lowest BCUT2D eigenvalue weighted by molar-refractivity contribution is 0.321. The molecule has 1 aromatic rings. The van der Waals surface area contributed by atoms with Crippen molar-refractivity contribution in [3.05, 3.63) is 39.3 Å². The minimum absolute atomic E-state index is 0.395. The standard InChI is InChI=1S/C10H9Br2NO2/c1-2-3-15-10-7(6-13-14)4-8(11)5-9(10)12/h2,4-6,14H,1,3H2. The lowest BCUT2D eigenvalue weighted by Crippen LogP contribution is -1.98. The van der Waals surface area contributed by atoms with E-state index < -0.39 is 0 Å². The Morgan fingerprint density at radius 3 is 2.80 bits per heavy atom. The topological polar surface area (TPSA) is 41.8 Å². The molecule has 0 aliphatic heterocycles. The van der Waals surface area contributed by atoms with Crippen molar-refractivity contribution in [2.45, 2.75) is 0 Å². The smallest absolute Gasteiger partial charge is 0.142 e. The first-order valence-electron chi connectivity index (χ1n) is 4.09. The van der Waals surface area contributed by atoms with Gasteiger partial charge in [0.05, 0.1) is 10.7 Å². The van der Waals surface area contributed by atoms with Crippen LogP contribution in [0.5, 0.6) is 5.75 Å². The van der Waals surface area contributed by atoms with Crippen molar-refractivity contribution >= 4 is 38.1 Å². The summed E-state index contributed by atoms with van der Waals surface area (Å²) in [5.41, 5.74) is 0.681. The van der Waals surface area contributed by atoms with Gasteiger partial charge in [-0.25, -0.2) is 0 Å². The molecule has 15 heavy (non-hydrogen) atoms. The summed E-state index contributed by atoms with van der Waals surface area (Å²) >= 11 is 6.70. The van der Waals surface area contributed by atoms with Crippen molar-refractivity contribution in [3.63, 3.8) is 0 Å². The third kappa shape index (κ3) is 3.35. The third-order valence-corrected chi connectivity index (χ3v) is 2.63. The zero-order valence-electron chi connectivity index (χ0n) is 7.78. The molecule has 0 bridgehead atoms. The highest BCUT2D eigenvalue weighted by Gasteiger charge is 2.08. The van der Waals surface area contributed by atoms with E-state index in [0.29, 0.717) is 17.9 Å². The highest BCUT2D eigenvalue weighted by molar-refractivity contribution is 9.11. The molecule has 0 spiro atoms. The molecule has 1 aromatic carbocycles. The Bertz CT molecular complexity index is 391. The van der Waals surface area contributed by atoms with Crippen LogP contribution in [-0.4, -0.2) is 18.0 Å². The molecule has 0 aliphatic carbocycles. The number of oxime groups is 1. The largest absolute Gasteiger partial charge is 0.488 e. The van der Waals surface area contributed by atoms with Crippen molar-refractivity contribution in [2.24, 2.45) is 5.16 Å². The maximum atomic E-state index is 8.51. The van der Waals surface area contributed by atoms with E-state index in [-0.39, 0.29) is 0 Å². The second-order valence-electron chi connectivity index (χ2n) is 2.65. The lowest BCUT2D eigenvalue weighted by atomic mass is 10.2. The van der Waals surface area contributed by atoms with E-state index in [9.17, 15) is 0 Å². The van der Waals surface area contributed by atoms with Gasteiger partial charge in [-0.2, -0.15) is 0 Å². The van der Waals surface area contributed by atoms with Crippen LogP contribution in [0.4, 0.5) is 0 Å². The Kier molecular flexibility index (Phi) is 4.84. The van der Waals surface area contributed by atoms with Crippen LogP contribution in [0.1, 0.15) is 5.56 Å². The molecule has 1 N–H and O–H groups in total. The average Bonchev–Trinajstić information content (AvgIpc) is 2.17. The molecule has 0 atom stereocenters. The van der Waals surface area contributed by atoms with Gasteiger partial charge in [-0.05, 0) is 28.1 Å². The summed E-state index contributed by atoms with van der Waals surface area (Å²) in [5, 5.41) is 11.5. The quantitative estimate of drug-likeness (QED) is 0.396. The summed E-state index contributed by atoms with van der Waals surface area (Å²) in [6, 6.07) is 3.65. The molecule has 0 aromatic heterocycles. The highest BCUT2D eigenvalue weighted by atomic mass is 79.9. The van der Waals surface area contributed by atoms with Gasteiger partial charge in [-0.3, -0.25) is 0 Å². The van der Waals surface area contributed by atoms with Crippen LogP contribution in [0.3, 0.4) is 0 Å². The number of benzene rings is 1. The third-order valence-electron chi connectivity index (χ3n) is 1.58. The zero-order chi connectivity index (χ0) is 11.3. The predicted octanol–water partition coefficient (Wildman–Crippen LogP) is 3.58. The van der Waals surface area contributed by atoms with Gasteiger partial charge in [0.25, 0.3) is 0 Å². The Morgan fingerprint density at radius 2 is 2.20 bits per heavy atom. The van der Waals surface area contributed by atoms with Crippen LogP contribution in [0.25, 0.3) is 0 Å². The zero-order valence-corrected chi connectivity index (χ0v) is 11.0. The second kappa shape index (κ2) is 5.92. The monoisotopic (exact) mass is 333 g/mol.